The summed E-state index contributed by atoms with van der Waals surface area (Å²) in [6.45, 7) is 13.5. The lowest BCUT2D eigenvalue weighted by molar-refractivity contribution is -0.142. The van der Waals surface area contributed by atoms with Crippen LogP contribution in [0.15, 0.2) is 95.2 Å². The Morgan fingerprint density at radius 2 is 1.00 bits per heavy atom. The van der Waals surface area contributed by atoms with Gasteiger partial charge in [-0.1, -0.05) is 96.1 Å². The third-order valence-corrected chi connectivity index (χ3v) is 6.55. The predicted molar refractivity (Wildman–Crippen MR) is 179 cm³/mol. The molecule has 40 heavy (non-hydrogen) atoms. The number of carbonyl (C=O) groups excluding carboxylic acids is 1. The Bertz CT molecular complexity index is 882. The molecule has 2 heteroatoms. The molecule has 2 nitrogen and oxygen atoms in total. The summed E-state index contributed by atoms with van der Waals surface area (Å²) in [7, 11) is 0. The zero-order chi connectivity index (χ0) is 29.7. The molecule has 0 spiro atoms. The fourth-order valence-corrected chi connectivity index (χ4v) is 3.97. The average molecular weight is 549 g/mol. The van der Waals surface area contributed by atoms with Gasteiger partial charge in [-0.05, 0) is 124 Å². The molecule has 0 aliphatic rings. The Balaban J connectivity index is 3.85. The number of hydrogen-bond acceptors (Lipinski definition) is 2. The number of unbranched alkanes of at least 4 members (excludes halogenated alkanes) is 2. The van der Waals surface area contributed by atoms with E-state index in [4.69, 9.17) is 4.74 Å². The van der Waals surface area contributed by atoms with Gasteiger partial charge in [-0.2, -0.15) is 0 Å². The fraction of sp³-hybridized carbons (Fsp3) is 0.553. The van der Waals surface area contributed by atoms with Crippen LogP contribution in [0.3, 0.4) is 0 Å². The second-order valence-corrected chi connectivity index (χ2v) is 11.0. The van der Waals surface area contributed by atoms with E-state index in [-0.39, 0.29) is 5.97 Å². The molecule has 0 aromatic carbocycles. The molecule has 0 saturated carbocycles. The molecule has 0 heterocycles. The number of hydrogen-bond donors (Lipinski definition) is 0. The first-order chi connectivity index (χ1) is 19.3. The lowest BCUT2D eigenvalue weighted by atomic mass is 10.0. The minimum atomic E-state index is -0.0888. The van der Waals surface area contributed by atoms with E-state index in [2.05, 4.69) is 114 Å². The van der Waals surface area contributed by atoms with E-state index >= 15 is 0 Å². The third kappa shape index (κ3) is 28.4. The molecule has 0 N–H and O–H groups in total. The fourth-order valence-electron chi connectivity index (χ4n) is 3.97. The maximum absolute atomic E-state index is 12.0. The normalized spacial score (nSPS) is 13.4. The molecular formula is C38H60O2. The molecule has 0 unspecified atom stereocenters. The Kier molecular flexibility index (Phi) is 26.1. The molecule has 0 aliphatic carbocycles. The molecule has 0 rings (SSSR count). The van der Waals surface area contributed by atoms with Crippen LogP contribution in [-0.4, -0.2) is 12.6 Å². The second-order valence-electron chi connectivity index (χ2n) is 11.0. The summed E-state index contributed by atoms with van der Waals surface area (Å²) in [6, 6.07) is 0. The van der Waals surface area contributed by atoms with E-state index in [1.165, 1.54) is 22.3 Å². The van der Waals surface area contributed by atoms with Gasteiger partial charge in [0.05, 0.1) is 0 Å². The van der Waals surface area contributed by atoms with Crippen LogP contribution >= 0.6 is 0 Å². The van der Waals surface area contributed by atoms with Crippen molar-refractivity contribution in [3.8, 4) is 0 Å². The van der Waals surface area contributed by atoms with Crippen molar-refractivity contribution >= 4 is 5.97 Å². The smallest absolute Gasteiger partial charge is 0.306 e. The Hall–Kier alpha value is -2.61. The molecule has 0 aliphatic heterocycles. The summed E-state index contributed by atoms with van der Waals surface area (Å²) in [4.78, 5) is 12.0. The highest BCUT2D eigenvalue weighted by atomic mass is 16.5. The number of carbonyl (C=O) groups is 1. The van der Waals surface area contributed by atoms with Crippen LogP contribution in [0.5, 0.6) is 0 Å². The van der Waals surface area contributed by atoms with Crippen LogP contribution in [0.25, 0.3) is 0 Å². The van der Waals surface area contributed by atoms with Gasteiger partial charge >= 0.3 is 5.97 Å². The van der Waals surface area contributed by atoms with Crippen LogP contribution < -0.4 is 0 Å². The molecule has 0 radical (unpaired) electrons. The molecule has 224 valence electrons. The van der Waals surface area contributed by atoms with Gasteiger partial charge < -0.3 is 4.74 Å². The maximum atomic E-state index is 12.0. The van der Waals surface area contributed by atoms with Crippen molar-refractivity contribution in [1.82, 2.24) is 0 Å². The molecule has 0 atom stereocenters. The number of allylic oxidation sites excluding steroid dienone is 15. The van der Waals surface area contributed by atoms with Gasteiger partial charge in [0.1, 0.15) is 6.61 Å². The highest BCUT2D eigenvalue weighted by Crippen LogP contribution is 2.13. The minimum absolute atomic E-state index is 0.0888. The Labute approximate surface area is 248 Å². The number of esters is 1. The SMILES string of the molecule is CC/C=C\C/C=C\C/C=C\C/C=C\CCCCC(=O)OC/C=C(\C)CCC=C(C)CC/C=C(\C)CCC=C(C)C. The lowest BCUT2D eigenvalue weighted by Crippen LogP contribution is -2.04. The van der Waals surface area contributed by atoms with Gasteiger partial charge in [-0.25, -0.2) is 0 Å². The van der Waals surface area contributed by atoms with Gasteiger partial charge in [0.25, 0.3) is 0 Å². The molecule has 0 fully saturated rings. The molecule has 0 bridgehead atoms. The minimum Gasteiger partial charge on any atom is -0.461 e. The van der Waals surface area contributed by atoms with Crippen LogP contribution in [0.2, 0.25) is 0 Å². The van der Waals surface area contributed by atoms with E-state index in [9.17, 15) is 4.79 Å². The molecular weight excluding hydrogens is 488 g/mol. The summed E-state index contributed by atoms with van der Waals surface area (Å²) in [6.07, 6.45) is 40.9. The Morgan fingerprint density at radius 1 is 0.525 bits per heavy atom. The van der Waals surface area contributed by atoms with Crippen molar-refractivity contribution in [2.45, 2.75) is 131 Å². The van der Waals surface area contributed by atoms with Crippen molar-refractivity contribution in [3.05, 3.63) is 95.2 Å². The highest BCUT2D eigenvalue weighted by Gasteiger charge is 2.01. The van der Waals surface area contributed by atoms with E-state index in [1.807, 2.05) is 0 Å². The van der Waals surface area contributed by atoms with Gasteiger partial charge in [0, 0.05) is 6.42 Å². The van der Waals surface area contributed by atoms with Crippen LogP contribution in [0, 0.1) is 0 Å². The molecule has 0 aromatic heterocycles. The zero-order valence-corrected chi connectivity index (χ0v) is 26.9. The van der Waals surface area contributed by atoms with E-state index in [0.29, 0.717) is 13.0 Å². The second kappa shape index (κ2) is 27.9. The van der Waals surface area contributed by atoms with Crippen molar-refractivity contribution in [2.75, 3.05) is 6.61 Å². The molecule has 0 amide bonds. The summed E-state index contributed by atoms with van der Waals surface area (Å²) in [5, 5.41) is 0. The molecule has 0 saturated heterocycles. The van der Waals surface area contributed by atoms with Crippen molar-refractivity contribution in [3.63, 3.8) is 0 Å². The first kappa shape index (κ1) is 37.4. The van der Waals surface area contributed by atoms with E-state index in [0.717, 1.165) is 83.5 Å². The summed E-state index contributed by atoms with van der Waals surface area (Å²) in [5.41, 5.74) is 5.63. The van der Waals surface area contributed by atoms with E-state index < -0.39 is 0 Å². The largest absolute Gasteiger partial charge is 0.461 e. The standard InChI is InChI=1S/C38H60O2/c1-7-8-9-10-11-12-13-14-15-16-17-18-19-20-21-31-38(39)40-33-32-37(6)30-24-29-36(5)28-23-27-35(4)26-22-25-34(2)3/h8-9,11-12,14-15,17-18,25,27,29,32H,7,10,13,16,19-24,26,28,30-31,33H2,1-6H3/b9-8-,12-11-,15-14-,18-17-,35-27+,36-29?,37-32+. The topological polar surface area (TPSA) is 26.3 Å². The van der Waals surface area contributed by atoms with Gasteiger partial charge in [-0.15, -0.1) is 0 Å². The van der Waals surface area contributed by atoms with Gasteiger partial charge in [0.15, 0.2) is 0 Å². The van der Waals surface area contributed by atoms with Crippen LogP contribution in [0.1, 0.15) is 131 Å². The third-order valence-electron chi connectivity index (χ3n) is 6.55. The molecule has 0 aromatic rings. The van der Waals surface area contributed by atoms with Gasteiger partial charge in [-0.3, -0.25) is 4.79 Å². The van der Waals surface area contributed by atoms with Crippen LogP contribution in [0.4, 0.5) is 0 Å². The average Bonchev–Trinajstić information content (AvgIpc) is 2.90. The number of ether oxygens (including phenoxy) is 1. The summed E-state index contributed by atoms with van der Waals surface area (Å²) < 4.78 is 5.40. The predicted octanol–water partition coefficient (Wildman–Crippen LogP) is 12.0. The van der Waals surface area contributed by atoms with Gasteiger partial charge in [0.2, 0.25) is 0 Å². The summed E-state index contributed by atoms with van der Waals surface area (Å²) in [5.74, 6) is -0.0888. The first-order valence-electron chi connectivity index (χ1n) is 15.7. The number of rotatable bonds is 23. The maximum Gasteiger partial charge on any atom is 0.306 e. The zero-order valence-electron chi connectivity index (χ0n) is 26.9. The van der Waals surface area contributed by atoms with Crippen LogP contribution in [-0.2, 0) is 9.53 Å². The lowest BCUT2D eigenvalue weighted by Gasteiger charge is -2.04. The summed E-state index contributed by atoms with van der Waals surface area (Å²) >= 11 is 0. The van der Waals surface area contributed by atoms with Crippen molar-refractivity contribution in [1.29, 1.82) is 0 Å². The van der Waals surface area contributed by atoms with E-state index in [1.54, 1.807) is 0 Å². The Morgan fingerprint density at radius 3 is 1.52 bits per heavy atom. The monoisotopic (exact) mass is 548 g/mol. The highest BCUT2D eigenvalue weighted by molar-refractivity contribution is 5.69. The van der Waals surface area contributed by atoms with Crippen molar-refractivity contribution in [2.24, 2.45) is 0 Å². The quantitative estimate of drug-likeness (QED) is 0.0721. The van der Waals surface area contributed by atoms with Crippen molar-refractivity contribution < 1.29 is 9.53 Å². The first-order valence-corrected chi connectivity index (χ1v) is 15.7.